The van der Waals surface area contributed by atoms with Gasteiger partial charge in [0.1, 0.15) is 5.56 Å². The van der Waals surface area contributed by atoms with E-state index in [-0.39, 0.29) is 35.5 Å². The molecule has 0 fully saturated rings. The maximum atomic E-state index is 14.4. The lowest BCUT2D eigenvalue weighted by Gasteiger charge is -2.16. The quantitative estimate of drug-likeness (QED) is 0.486. The third-order valence-electron chi connectivity index (χ3n) is 5.35. The predicted octanol–water partition coefficient (Wildman–Crippen LogP) is 3.86. The van der Waals surface area contributed by atoms with Gasteiger partial charge >= 0.3 is 6.09 Å². The Morgan fingerprint density at radius 1 is 1.23 bits per heavy atom. The van der Waals surface area contributed by atoms with Crippen molar-refractivity contribution in [3.8, 4) is 5.88 Å². The number of nitrogens with zero attached hydrogens (tertiary/aromatic N) is 5. The number of hydrogen-bond acceptors (Lipinski definition) is 7. The largest absolute Gasteiger partial charge is 0.477 e. The first-order valence-electron chi connectivity index (χ1n) is 11.5. The van der Waals surface area contributed by atoms with Crippen LogP contribution in [0, 0.1) is 12.7 Å². The predicted molar refractivity (Wildman–Crippen MR) is 127 cm³/mol. The van der Waals surface area contributed by atoms with E-state index in [1.807, 2.05) is 13.0 Å². The number of fused-ring (bicyclic) bond motifs is 1. The van der Waals surface area contributed by atoms with Crippen molar-refractivity contribution in [2.45, 2.75) is 33.6 Å². The Labute approximate surface area is 201 Å². The van der Waals surface area contributed by atoms with E-state index in [0.717, 1.165) is 18.4 Å². The molecule has 0 saturated heterocycles. The van der Waals surface area contributed by atoms with E-state index in [1.165, 1.54) is 16.7 Å². The third kappa shape index (κ3) is 5.39. The molecule has 35 heavy (non-hydrogen) atoms. The Bertz CT molecular complexity index is 1290. The smallest absolute Gasteiger partial charge is 0.410 e. The van der Waals surface area contributed by atoms with Crippen LogP contribution in [-0.4, -0.2) is 62.6 Å². The van der Waals surface area contributed by atoms with Crippen molar-refractivity contribution in [3.63, 3.8) is 0 Å². The molecular formula is C24H27FN6O4. The number of anilines is 1. The van der Waals surface area contributed by atoms with Gasteiger partial charge in [0.15, 0.2) is 17.3 Å². The number of carbonyl (C=O) groups is 2. The van der Waals surface area contributed by atoms with Crippen molar-refractivity contribution in [2.24, 2.45) is 0 Å². The second-order valence-corrected chi connectivity index (χ2v) is 8.07. The Balaban J connectivity index is 1.50. The van der Waals surface area contributed by atoms with E-state index in [1.54, 1.807) is 31.1 Å². The van der Waals surface area contributed by atoms with Gasteiger partial charge in [0, 0.05) is 36.8 Å². The zero-order valence-electron chi connectivity index (χ0n) is 19.9. The van der Waals surface area contributed by atoms with Crippen molar-refractivity contribution < 1.29 is 23.5 Å². The average molecular weight is 483 g/mol. The van der Waals surface area contributed by atoms with Crippen LogP contribution in [0.25, 0.3) is 11.2 Å². The number of halogens is 1. The number of hydrogen-bond donors (Lipinski definition) is 1. The highest BCUT2D eigenvalue weighted by molar-refractivity contribution is 6.05. The third-order valence-corrected chi connectivity index (χ3v) is 5.35. The molecule has 0 unspecified atom stereocenters. The molecule has 0 atom stereocenters. The summed E-state index contributed by atoms with van der Waals surface area (Å²) in [6.45, 7) is 6.90. The van der Waals surface area contributed by atoms with Gasteiger partial charge in [-0.1, -0.05) is 19.4 Å². The summed E-state index contributed by atoms with van der Waals surface area (Å²) in [5.74, 6) is -0.647. The number of amides is 2. The highest BCUT2D eigenvalue weighted by atomic mass is 19.1. The fourth-order valence-electron chi connectivity index (χ4n) is 3.62. The Morgan fingerprint density at radius 2 is 2.06 bits per heavy atom. The normalized spacial score (nSPS) is 13.1. The van der Waals surface area contributed by atoms with E-state index < -0.39 is 11.7 Å². The van der Waals surface area contributed by atoms with Crippen molar-refractivity contribution in [1.82, 2.24) is 24.3 Å². The van der Waals surface area contributed by atoms with Crippen LogP contribution in [0.4, 0.5) is 14.9 Å². The number of imidazole rings is 1. The van der Waals surface area contributed by atoms with Crippen LogP contribution < -0.4 is 10.1 Å². The van der Waals surface area contributed by atoms with Gasteiger partial charge in [0.05, 0.1) is 31.1 Å². The minimum Gasteiger partial charge on any atom is -0.477 e. The maximum absolute atomic E-state index is 14.4. The van der Waals surface area contributed by atoms with E-state index in [4.69, 9.17) is 9.47 Å². The molecule has 3 aromatic heterocycles. The summed E-state index contributed by atoms with van der Waals surface area (Å²) in [7, 11) is 0. The molecule has 0 aromatic carbocycles. The van der Waals surface area contributed by atoms with E-state index in [9.17, 15) is 14.0 Å². The molecular weight excluding hydrogens is 455 g/mol. The van der Waals surface area contributed by atoms with Crippen LogP contribution in [0.15, 0.2) is 30.7 Å². The minimum absolute atomic E-state index is 0.0971. The van der Waals surface area contributed by atoms with Gasteiger partial charge in [0.2, 0.25) is 5.88 Å². The molecule has 3 aromatic rings. The van der Waals surface area contributed by atoms with E-state index >= 15 is 0 Å². The topological polar surface area (TPSA) is 111 Å². The molecule has 4 heterocycles. The maximum Gasteiger partial charge on any atom is 0.410 e. The lowest BCUT2D eigenvalue weighted by molar-refractivity contribution is 0.102. The van der Waals surface area contributed by atoms with Crippen LogP contribution >= 0.6 is 0 Å². The molecule has 0 radical (unpaired) electrons. The average Bonchev–Trinajstić information content (AvgIpc) is 3.46. The summed E-state index contributed by atoms with van der Waals surface area (Å²) >= 11 is 0. The van der Waals surface area contributed by atoms with Crippen LogP contribution in [0.1, 0.15) is 48.6 Å². The zero-order valence-corrected chi connectivity index (χ0v) is 19.9. The molecule has 0 saturated carbocycles. The Hall–Kier alpha value is -4.02. The number of nitrogens with one attached hydrogen (secondary N) is 1. The molecule has 0 aliphatic carbocycles. The second-order valence-electron chi connectivity index (χ2n) is 8.07. The molecule has 4 rings (SSSR count). The zero-order chi connectivity index (χ0) is 24.9. The van der Waals surface area contributed by atoms with Crippen molar-refractivity contribution in [3.05, 3.63) is 53.6 Å². The second kappa shape index (κ2) is 10.5. The lowest BCUT2D eigenvalue weighted by Crippen LogP contribution is -2.30. The Morgan fingerprint density at radius 3 is 2.83 bits per heavy atom. The SMILES string of the molecule is CCCCOC(=O)N1CC=C(c2ncc(C(=O)Nc3cc(F)c4nc(C)cn4c3)c(OCC)n2)C1. The number of carbonyl (C=O) groups excluding carboxylic acids is 2. The summed E-state index contributed by atoms with van der Waals surface area (Å²) in [4.78, 5) is 39.6. The van der Waals surface area contributed by atoms with Gasteiger partial charge in [-0.3, -0.25) is 4.79 Å². The van der Waals surface area contributed by atoms with Crippen molar-refractivity contribution >= 4 is 28.9 Å². The summed E-state index contributed by atoms with van der Waals surface area (Å²) < 4.78 is 26.8. The summed E-state index contributed by atoms with van der Waals surface area (Å²) in [6, 6.07) is 1.20. The summed E-state index contributed by atoms with van der Waals surface area (Å²) in [6.07, 6.45) is 7.81. The fraction of sp³-hybridized carbons (Fsp3) is 0.375. The summed E-state index contributed by atoms with van der Waals surface area (Å²) in [5.41, 5.74) is 1.92. The molecule has 1 aliphatic rings. The number of unbranched alkanes of at least 4 members (excludes halogenated alkanes) is 1. The van der Waals surface area contributed by atoms with Crippen LogP contribution in [-0.2, 0) is 4.74 Å². The number of ether oxygens (including phenoxy) is 2. The van der Waals surface area contributed by atoms with Crippen LogP contribution in [0.3, 0.4) is 0 Å². The van der Waals surface area contributed by atoms with Gasteiger partial charge < -0.3 is 24.1 Å². The first kappa shape index (κ1) is 24.1. The van der Waals surface area contributed by atoms with Gasteiger partial charge in [-0.2, -0.15) is 4.98 Å². The van der Waals surface area contributed by atoms with Crippen molar-refractivity contribution in [2.75, 3.05) is 31.6 Å². The first-order valence-corrected chi connectivity index (χ1v) is 11.5. The molecule has 1 aliphatic heterocycles. The highest BCUT2D eigenvalue weighted by Crippen LogP contribution is 2.24. The van der Waals surface area contributed by atoms with Gasteiger partial charge in [-0.15, -0.1) is 0 Å². The lowest BCUT2D eigenvalue weighted by atomic mass is 10.2. The minimum atomic E-state index is -0.557. The van der Waals surface area contributed by atoms with Crippen LogP contribution in [0.5, 0.6) is 5.88 Å². The highest BCUT2D eigenvalue weighted by Gasteiger charge is 2.25. The number of aryl methyl sites for hydroxylation is 1. The molecule has 2 amide bonds. The Kier molecular flexibility index (Phi) is 7.23. The van der Waals surface area contributed by atoms with Crippen molar-refractivity contribution in [1.29, 1.82) is 0 Å². The van der Waals surface area contributed by atoms with Gasteiger partial charge in [0.25, 0.3) is 5.91 Å². The molecule has 0 spiro atoms. The van der Waals surface area contributed by atoms with Gasteiger partial charge in [-0.05, 0) is 20.3 Å². The molecule has 10 nitrogen and oxygen atoms in total. The number of rotatable bonds is 8. The molecule has 0 bridgehead atoms. The number of pyridine rings is 1. The number of aromatic nitrogens is 4. The first-order chi connectivity index (χ1) is 16.9. The van der Waals surface area contributed by atoms with E-state index in [2.05, 4.69) is 20.3 Å². The fourth-order valence-corrected chi connectivity index (χ4v) is 3.62. The monoisotopic (exact) mass is 482 g/mol. The van der Waals surface area contributed by atoms with E-state index in [0.29, 0.717) is 31.2 Å². The summed E-state index contributed by atoms with van der Waals surface area (Å²) in [5, 5.41) is 2.66. The molecule has 11 heteroatoms. The standard InChI is InChI=1S/C24H27FN6O4/c1-4-6-9-35-24(33)30-8-7-16(13-30)20-26-11-18(23(29-20)34-5-2)22(32)28-17-10-19(25)21-27-15(3)12-31(21)14-17/h7,10-12,14H,4-6,8-9,13H2,1-3H3,(H,28,32). The molecule has 184 valence electrons. The van der Waals surface area contributed by atoms with Gasteiger partial charge in [-0.25, -0.2) is 19.2 Å². The van der Waals surface area contributed by atoms with Crippen LogP contribution in [0.2, 0.25) is 0 Å². The molecule has 1 N–H and O–H groups in total.